The molecule has 3 N–H and O–H groups in total. The first kappa shape index (κ1) is 13.3. The molecule has 1 atom stereocenters. The first-order chi connectivity index (χ1) is 8.76. The number of hydrogen-bond donors (Lipinski definition) is 2. The van der Waals surface area contributed by atoms with Crippen LogP contribution in [0.25, 0.3) is 0 Å². The number of nitrogens with zero attached hydrogens (tertiary/aromatic N) is 2. The van der Waals surface area contributed by atoms with Crippen LogP contribution in [0.1, 0.15) is 36.3 Å². The fraction of sp³-hybridized carbons (Fsp3) is 0.462. The monoisotopic (exact) mass is 264 g/mol. The molecule has 4 nitrogen and oxygen atoms in total. The Labute approximate surface area is 112 Å². The van der Waals surface area contributed by atoms with Crippen molar-refractivity contribution >= 4 is 11.3 Å². The van der Waals surface area contributed by atoms with Crippen LogP contribution in [0.2, 0.25) is 0 Å². The Kier molecular flexibility index (Phi) is 4.52. The normalized spacial score (nSPS) is 12.8. The largest absolute Gasteiger partial charge is 0.335 e. The molecule has 2 aromatic heterocycles. The average molecular weight is 264 g/mol. The molecule has 0 amide bonds. The van der Waals surface area contributed by atoms with Crippen LogP contribution in [0.5, 0.6) is 0 Å². The highest BCUT2D eigenvalue weighted by atomic mass is 32.1. The molecule has 0 spiro atoms. The Morgan fingerprint density at radius 3 is 2.94 bits per heavy atom. The SMILES string of the molecule is CCCn1ccnc1CC(NN)c1cscc1C. The lowest BCUT2D eigenvalue weighted by atomic mass is 10.0. The third kappa shape index (κ3) is 2.80. The van der Waals surface area contributed by atoms with Gasteiger partial charge in [0.15, 0.2) is 0 Å². The van der Waals surface area contributed by atoms with Crippen LogP contribution in [-0.4, -0.2) is 9.55 Å². The summed E-state index contributed by atoms with van der Waals surface area (Å²) in [5, 5.41) is 4.31. The average Bonchev–Trinajstić information content (AvgIpc) is 2.96. The lowest BCUT2D eigenvalue weighted by Crippen LogP contribution is -2.30. The molecule has 0 saturated carbocycles. The Hall–Kier alpha value is -1.17. The minimum Gasteiger partial charge on any atom is -0.335 e. The zero-order chi connectivity index (χ0) is 13.0. The number of imidazole rings is 1. The second-order valence-electron chi connectivity index (χ2n) is 4.47. The number of thiophene rings is 1. The molecule has 0 radical (unpaired) electrons. The standard InChI is InChI=1S/C13H20N4S/c1-3-5-17-6-4-15-13(17)7-12(16-14)11-9-18-8-10(11)2/h4,6,8-9,12,16H,3,5,7,14H2,1-2H3. The Morgan fingerprint density at radius 1 is 1.50 bits per heavy atom. The van der Waals surface area contributed by atoms with Crippen molar-refractivity contribution in [2.75, 3.05) is 0 Å². The topological polar surface area (TPSA) is 55.9 Å². The number of aryl methyl sites for hydroxylation is 2. The van der Waals surface area contributed by atoms with Gasteiger partial charge in [-0.15, -0.1) is 0 Å². The van der Waals surface area contributed by atoms with Crippen molar-refractivity contribution in [3.05, 3.63) is 40.1 Å². The minimum absolute atomic E-state index is 0.134. The highest BCUT2D eigenvalue weighted by Crippen LogP contribution is 2.24. The lowest BCUT2D eigenvalue weighted by molar-refractivity contribution is 0.516. The van der Waals surface area contributed by atoms with Crippen LogP contribution in [0.3, 0.4) is 0 Å². The van der Waals surface area contributed by atoms with E-state index in [1.165, 1.54) is 11.1 Å². The summed E-state index contributed by atoms with van der Waals surface area (Å²) >= 11 is 1.71. The molecule has 0 aliphatic rings. The summed E-state index contributed by atoms with van der Waals surface area (Å²) in [6, 6.07) is 0.134. The molecule has 0 aliphatic carbocycles. The quantitative estimate of drug-likeness (QED) is 0.622. The molecule has 1 unspecified atom stereocenters. The van der Waals surface area contributed by atoms with Crippen molar-refractivity contribution in [1.82, 2.24) is 15.0 Å². The molecule has 18 heavy (non-hydrogen) atoms. The maximum atomic E-state index is 5.69. The van der Waals surface area contributed by atoms with Crippen LogP contribution in [0.4, 0.5) is 0 Å². The van der Waals surface area contributed by atoms with Crippen molar-refractivity contribution in [1.29, 1.82) is 0 Å². The summed E-state index contributed by atoms with van der Waals surface area (Å²) in [6.45, 7) is 5.30. The molecule has 2 rings (SSSR count). The maximum Gasteiger partial charge on any atom is 0.110 e. The zero-order valence-corrected chi connectivity index (χ0v) is 11.7. The van der Waals surface area contributed by atoms with Crippen molar-refractivity contribution in [3.63, 3.8) is 0 Å². The van der Waals surface area contributed by atoms with Gasteiger partial charge in [-0.25, -0.2) is 4.98 Å². The van der Waals surface area contributed by atoms with E-state index in [1.54, 1.807) is 11.3 Å². The van der Waals surface area contributed by atoms with E-state index in [4.69, 9.17) is 5.84 Å². The second-order valence-corrected chi connectivity index (χ2v) is 5.21. The van der Waals surface area contributed by atoms with Gasteiger partial charge in [-0.05, 0) is 35.2 Å². The van der Waals surface area contributed by atoms with E-state index in [0.717, 1.165) is 25.2 Å². The molecule has 0 bridgehead atoms. The molecule has 98 valence electrons. The molecule has 2 aromatic rings. The Morgan fingerprint density at radius 2 is 2.33 bits per heavy atom. The summed E-state index contributed by atoms with van der Waals surface area (Å²) < 4.78 is 2.20. The van der Waals surface area contributed by atoms with E-state index < -0.39 is 0 Å². The zero-order valence-electron chi connectivity index (χ0n) is 10.9. The van der Waals surface area contributed by atoms with E-state index in [1.807, 2.05) is 12.4 Å². The molecular formula is C13H20N4S. The van der Waals surface area contributed by atoms with Crippen molar-refractivity contribution < 1.29 is 0 Å². The fourth-order valence-electron chi connectivity index (χ4n) is 2.14. The molecular weight excluding hydrogens is 244 g/mol. The molecule has 0 aliphatic heterocycles. The number of rotatable bonds is 6. The van der Waals surface area contributed by atoms with Gasteiger partial charge < -0.3 is 4.57 Å². The van der Waals surface area contributed by atoms with Gasteiger partial charge in [0, 0.05) is 25.4 Å². The summed E-state index contributed by atoms with van der Waals surface area (Å²) in [6.07, 6.45) is 5.83. The summed E-state index contributed by atoms with van der Waals surface area (Å²) in [5.74, 6) is 6.78. The van der Waals surface area contributed by atoms with Gasteiger partial charge in [0.05, 0.1) is 6.04 Å². The van der Waals surface area contributed by atoms with E-state index in [0.29, 0.717) is 0 Å². The van der Waals surface area contributed by atoms with Crippen molar-refractivity contribution in [2.24, 2.45) is 5.84 Å². The Bertz CT molecular complexity index is 489. The first-order valence-electron chi connectivity index (χ1n) is 6.25. The predicted molar refractivity (Wildman–Crippen MR) is 75.3 cm³/mol. The molecule has 0 saturated heterocycles. The van der Waals surface area contributed by atoms with E-state index in [9.17, 15) is 0 Å². The predicted octanol–water partition coefficient (Wildman–Crippen LogP) is 2.41. The van der Waals surface area contributed by atoms with Gasteiger partial charge in [-0.1, -0.05) is 6.92 Å². The van der Waals surface area contributed by atoms with Gasteiger partial charge in [0.2, 0.25) is 0 Å². The van der Waals surface area contributed by atoms with Crippen molar-refractivity contribution in [3.8, 4) is 0 Å². The highest BCUT2D eigenvalue weighted by molar-refractivity contribution is 7.08. The van der Waals surface area contributed by atoms with Gasteiger partial charge in [-0.2, -0.15) is 11.3 Å². The van der Waals surface area contributed by atoms with E-state index in [-0.39, 0.29) is 6.04 Å². The highest BCUT2D eigenvalue weighted by Gasteiger charge is 2.16. The minimum atomic E-state index is 0.134. The van der Waals surface area contributed by atoms with Gasteiger partial charge in [-0.3, -0.25) is 11.3 Å². The number of nitrogens with two attached hydrogens (primary N) is 1. The van der Waals surface area contributed by atoms with E-state index in [2.05, 4.69) is 39.6 Å². The van der Waals surface area contributed by atoms with Crippen LogP contribution in [0, 0.1) is 6.92 Å². The Balaban J connectivity index is 2.15. The van der Waals surface area contributed by atoms with Crippen LogP contribution < -0.4 is 11.3 Å². The first-order valence-corrected chi connectivity index (χ1v) is 7.19. The van der Waals surface area contributed by atoms with Gasteiger partial charge >= 0.3 is 0 Å². The molecule has 5 heteroatoms. The molecule has 0 aromatic carbocycles. The summed E-state index contributed by atoms with van der Waals surface area (Å²) in [4.78, 5) is 4.43. The number of nitrogens with one attached hydrogen (secondary N) is 1. The lowest BCUT2D eigenvalue weighted by Gasteiger charge is -2.16. The smallest absolute Gasteiger partial charge is 0.110 e. The summed E-state index contributed by atoms with van der Waals surface area (Å²) in [7, 11) is 0. The molecule has 0 fully saturated rings. The summed E-state index contributed by atoms with van der Waals surface area (Å²) in [5.41, 5.74) is 5.47. The number of hydrogen-bond acceptors (Lipinski definition) is 4. The van der Waals surface area contributed by atoms with Gasteiger partial charge in [0.1, 0.15) is 5.82 Å². The van der Waals surface area contributed by atoms with Gasteiger partial charge in [0.25, 0.3) is 0 Å². The van der Waals surface area contributed by atoms with Crippen LogP contribution in [0.15, 0.2) is 23.2 Å². The molecule has 2 heterocycles. The van der Waals surface area contributed by atoms with Crippen LogP contribution in [-0.2, 0) is 13.0 Å². The second kappa shape index (κ2) is 6.13. The third-order valence-corrected chi connectivity index (χ3v) is 4.00. The van der Waals surface area contributed by atoms with Crippen molar-refractivity contribution in [2.45, 2.75) is 39.3 Å². The maximum absolute atomic E-state index is 5.69. The number of hydrazine groups is 1. The fourth-order valence-corrected chi connectivity index (χ4v) is 3.05. The van der Waals surface area contributed by atoms with Crippen LogP contribution >= 0.6 is 11.3 Å². The van der Waals surface area contributed by atoms with E-state index >= 15 is 0 Å². The third-order valence-electron chi connectivity index (χ3n) is 3.12. The number of aromatic nitrogens is 2.